The summed E-state index contributed by atoms with van der Waals surface area (Å²) in [6.45, 7) is 42.7. The van der Waals surface area contributed by atoms with Gasteiger partial charge in [-0.2, -0.15) is 0 Å². The molecule has 0 saturated heterocycles. The lowest BCUT2D eigenvalue weighted by Gasteiger charge is -2.64. The number of fused-ring (bicyclic) bond motifs is 5. The molecule has 4 aliphatic rings. The van der Waals surface area contributed by atoms with Gasteiger partial charge in [-0.3, -0.25) is 4.79 Å². The second-order valence-corrected chi connectivity index (χ2v) is 17.5. The molecular formula is C51H79NO. The third-order valence-corrected chi connectivity index (χ3v) is 13.0. The first-order valence-electron chi connectivity index (χ1n) is 20.3. The normalized spacial score (nSPS) is 27.3. The predicted molar refractivity (Wildman–Crippen MR) is 236 cm³/mol. The van der Waals surface area contributed by atoms with Gasteiger partial charge in [-0.15, -0.1) is 26.3 Å². The van der Waals surface area contributed by atoms with Crippen LogP contribution in [0.5, 0.6) is 0 Å². The fourth-order valence-electron chi connectivity index (χ4n) is 9.02. The maximum Gasteiger partial charge on any atom is 0.159 e. The van der Waals surface area contributed by atoms with E-state index in [2.05, 4.69) is 99.0 Å². The third kappa shape index (κ3) is 12.9. The number of hydrogen-bond acceptors (Lipinski definition) is 2. The first kappa shape index (κ1) is 47.8. The van der Waals surface area contributed by atoms with E-state index in [1.807, 2.05) is 57.2 Å². The topological polar surface area (TPSA) is 43.1 Å². The van der Waals surface area contributed by atoms with Crippen molar-refractivity contribution in [2.24, 2.45) is 45.7 Å². The van der Waals surface area contributed by atoms with Crippen LogP contribution in [0.1, 0.15) is 143 Å². The highest BCUT2D eigenvalue weighted by molar-refractivity contribution is 5.93. The van der Waals surface area contributed by atoms with Crippen LogP contribution in [0.25, 0.3) is 0 Å². The Balaban J connectivity index is 0.000000402. The highest BCUT2D eigenvalue weighted by Crippen LogP contribution is 2.69. The molecule has 0 amide bonds. The van der Waals surface area contributed by atoms with Gasteiger partial charge in [-0.1, -0.05) is 144 Å². The number of carbonyl (C=O) groups excluding carboxylic acids is 1. The van der Waals surface area contributed by atoms with Crippen molar-refractivity contribution in [3.8, 4) is 0 Å². The molecule has 53 heavy (non-hydrogen) atoms. The van der Waals surface area contributed by atoms with Crippen molar-refractivity contribution >= 4 is 5.78 Å². The molecule has 6 unspecified atom stereocenters. The lowest BCUT2D eigenvalue weighted by atomic mass is 9.40. The van der Waals surface area contributed by atoms with Gasteiger partial charge >= 0.3 is 0 Å². The summed E-state index contributed by atoms with van der Waals surface area (Å²) in [4.78, 5) is 10.6. The summed E-state index contributed by atoms with van der Waals surface area (Å²) in [6.07, 6.45) is 13.7. The Hall–Kier alpha value is -3.23. The van der Waals surface area contributed by atoms with Crippen molar-refractivity contribution in [2.45, 2.75) is 140 Å². The van der Waals surface area contributed by atoms with E-state index in [9.17, 15) is 4.79 Å². The van der Waals surface area contributed by atoms with Gasteiger partial charge in [0.25, 0.3) is 0 Å². The van der Waals surface area contributed by atoms with Crippen molar-refractivity contribution in [1.82, 2.24) is 0 Å². The first-order valence-corrected chi connectivity index (χ1v) is 20.3. The molecular weight excluding hydrogens is 643 g/mol. The minimum atomic E-state index is 0.121. The van der Waals surface area contributed by atoms with E-state index < -0.39 is 0 Å². The molecule has 2 nitrogen and oxygen atoms in total. The monoisotopic (exact) mass is 722 g/mol. The summed E-state index contributed by atoms with van der Waals surface area (Å²) in [6, 6.07) is 20.1. The summed E-state index contributed by atoms with van der Waals surface area (Å²) in [5.41, 5.74) is 14.7. The summed E-state index contributed by atoms with van der Waals surface area (Å²) < 4.78 is 0. The Labute approximate surface area is 328 Å². The maximum atomic E-state index is 10.6. The van der Waals surface area contributed by atoms with Crippen LogP contribution >= 0.6 is 0 Å². The molecule has 0 spiro atoms. The van der Waals surface area contributed by atoms with E-state index >= 15 is 0 Å². The van der Waals surface area contributed by atoms with Gasteiger partial charge in [0.2, 0.25) is 0 Å². The molecule has 6 rings (SSSR count). The molecule has 2 heteroatoms. The molecule has 294 valence electrons. The second kappa shape index (κ2) is 22.2. The van der Waals surface area contributed by atoms with E-state index in [1.165, 1.54) is 56.1 Å². The Bertz CT molecular complexity index is 1460. The number of hydrogen-bond donors (Lipinski definition) is 1. The van der Waals surface area contributed by atoms with Gasteiger partial charge in [0, 0.05) is 5.56 Å². The van der Waals surface area contributed by atoms with E-state index in [0.29, 0.717) is 22.3 Å². The fourth-order valence-corrected chi connectivity index (χ4v) is 9.02. The largest absolute Gasteiger partial charge is 0.328 e. The van der Waals surface area contributed by atoms with Crippen LogP contribution in [-0.4, -0.2) is 11.8 Å². The Morgan fingerprint density at radius 2 is 1.47 bits per heavy atom. The van der Waals surface area contributed by atoms with Crippen LogP contribution in [0, 0.1) is 39.9 Å². The molecule has 2 bridgehead atoms. The molecule has 3 saturated carbocycles. The molecule has 2 aromatic rings. The molecule has 0 aromatic heterocycles. The number of nitrogens with two attached hydrogens (primary N) is 1. The van der Waals surface area contributed by atoms with E-state index in [-0.39, 0.29) is 5.78 Å². The van der Waals surface area contributed by atoms with Crippen molar-refractivity contribution < 1.29 is 4.79 Å². The van der Waals surface area contributed by atoms with Crippen LogP contribution in [0.4, 0.5) is 0 Å². The SMILES string of the molecule is C=C.C=C(C)CCc1ccccc1.C=C1CC2=C(C)CCC(C)(CC3C4CCC4CC(C)C13C)C2(C)C.C=CC.CC(=O)c1ccccc1.CC(C)N. The van der Waals surface area contributed by atoms with Crippen molar-refractivity contribution in [3.63, 3.8) is 0 Å². The van der Waals surface area contributed by atoms with E-state index in [4.69, 9.17) is 12.3 Å². The third-order valence-electron chi connectivity index (χ3n) is 13.0. The number of rotatable bonds is 4. The molecule has 2 N–H and O–H groups in total. The molecule has 3 fully saturated rings. The number of carbonyl (C=O) groups is 1. The molecule has 6 atom stereocenters. The molecule has 4 aliphatic carbocycles. The van der Waals surface area contributed by atoms with E-state index in [0.717, 1.165) is 42.1 Å². The van der Waals surface area contributed by atoms with E-state index in [1.54, 1.807) is 29.7 Å². The standard InChI is InChI=1S/C24H38.C11H14.C8H8O.C3H9N.C3H6.C2H4/c1-15-10-11-23(6)14-21-19-9-8-18(19)12-16(2)24(21,7)17(3)13-20(15)22(23,4)5;1-10(2)8-9-11-6-4-3-5-7-11;1-7(9)8-5-3-2-4-6-8;1-3(2)4;1-3-2;1-2/h16,18-19,21H,3,8-14H2,1-2,4-7H3;3-7H,1,8-9H2,2H3;2-6H,1H3;3H,4H2,1-2H3;3H,1H2,2H3;1-2H2. The lowest BCUT2D eigenvalue weighted by molar-refractivity contribution is -0.101. The van der Waals surface area contributed by atoms with Crippen molar-refractivity contribution in [2.75, 3.05) is 0 Å². The molecule has 0 heterocycles. The average molecular weight is 722 g/mol. The Kier molecular flexibility index (Phi) is 20.0. The zero-order chi connectivity index (χ0) is 40.6. The van der Waals surface area contributed by atoms with Crippen LogP contribution in [0.2, 0.25) is 0 Å². The maximum absolute atomic E-state index is 10.6. The van der Waals surface area contributed by atoms with Crippen LogP contribution in [0.15, 0.2) is 122 Å². The Morgan fingerprint density at radius 3 is 1.91 bits per heavy atom. The number of allylic oxidation sites excluding steroid dienone is 5. The van der Waals surface area contributed by atoms with Gasteiger partial charge in [0.05, 0.1) is 0 Å². The van der Waals surface area contributed by atoms with Crippen molar-refractivity contribution in [1.29, 1.82) is 0 Å². The van der Waals surface area contributed by atoms with Crippen LogP contribution in [-0.2, 0) is 6.42 Å². The Morgan fingerprint density at radius 1 is 0.962 bits per heavy atom. The summed E-state index contributed by atoms with van der Waals surface area (Å²) in [5.74, 6) is 3.82. The molecule has 0 radical (unpaired) electrons. The minimum Gasteiger partial charge on any atom is -0.328 e. The van der Waals surface area contributed by atoms with Gasteiger partial charge in [-0.05, 0) is 137 Å². The lowest BCUT2D eigenvalue weighted by Crippen LogP contribution is -2.56. The second-order valence-electron chi connectivity index (χ2n) is 17.5. The first-order chi connectivity index (χ1) is 24.8. The smallest absolute Gasteiger partial charge is 0.159 e. The van der Waals surface area contributed by atoms with Crippen LogP contribution in [0.3, 0.4) is 0 Å². The average Bonchev–Trinajstić information content (AvgIpc) is 3.10. The molecule has 0 aliphatic heterocycles. The zero-order valence-corrected chi connectivity index (χ0v) is 36.1. The van der Waals surface area contributed by atoms with Gasteiger partial charge < -0.3 is 5.73 Å². The molecule has 2 aromatic carbocycles. The highest BCUT2D eigenvalue weighted by atomic mass is 16.1. The van der Waals surface area contributed by atoms with Gasteiger partial charge in [0.15, 0.2) is 5.78 Å². The zero-order valence-electron chi connectivity index (χ0n) is 36.1. The number of benzene rings is 2. The minimum absolute atomic E-state index is 0.121. The van der Waals surface area contributed by atoms with Gasteiger partial charge in [0.1, 0.15) is 0 Å². The highest BCUT2D eigenvalue weighted by Gasteiger charge is 2.59. The van der Waals surface area contributed by atoms with Crippen molar-refractivity contribution in [3.05, 3.63) is 133 Å². The predicted octanol–water partition coefficient (Wildman–Crippen LogP) is 14.6. The number of Topliss-reactive ketones (excluding diaryl/α,β-unsaturated/α-hetero) is 1. The number of ketones is 1. The summed E-state index contributed by atoms with van der Waals surface area (Å²) >= 11 is 0. The van der Waals surface area contributed by atoms with Crippen LogP contribution < -0.4 is 5.73 Å². The van der Waals surface area contributed by atoms with Gasteiger partial charge in [-0.25, -0.2) is 0 Å². The quantitative estimate of drug-likeness (QED) is 0.252. The number of aryl methyl sites for hydroxylation is 1. The summed E-state index contributed by atoms with van der Waals surface area (Å²) in [7, 11) is 0. The summed E-state index contributed by atoms with van der Waals surface area (Å²) in [5, 5.41) is 0. The fraction of sp³-hybridized carbons (Fsp3) is 0.549.